The summed E-state index contributed by atoms with van der Waals surface area (Å²) >= 11 is 0. The molecular weight excluding hydrogens is 128 g/mol. The van der Waals surface area contributed by atoms with Crippen molar-refractivity contribution in [2.24, 2.45) is 4.99 Å². The van der Waals surface area contributed by atoms with E-state index in [1.54, 1.807) is 0 Å². The molecule has 0 spiro atoms. The lowest BCUT2D eigenvalue weighted by Gasteiger charge is -2.08. The van der Waals surface area contributed by atoms with E-state index in [1.165, 1.54) is 6.21 Å². The smallest absolute Gasteiger partial charge is 0.181 e. The molecule has 0 saturated heterocycles. The largest absolute Gasteiger partial charge is 0.470 e. The molecule has 1 N–H and O–H groups in total. The number of hydrogen-bond donors (Lipinski definition) is 1. The average Bonchev–Trinajstić information content (AvgIpc) is 2.30. The van der Waals surface area contributed by atoms with Crippen molar-refractivity contribution >= 4 is 12.1 Å². The van der Waals surface area contributed by atoms with Crippen LogP contribution in [0.2, 0.25) is 0 Å². The average molecular weight is 140 g/mol. The van der Waals surface area contributed by atoms with Gasteiger partial charge in [-0.05, 0) is 6.42 Å². The third-order valence-electron chi connectivity index (χ3n) is 1.62. The van der Waals surface area contributed by atoms with Gasteiger partial charge in [-0.3, -0.25) is 0 Å². The zero-order valence-corrected chi connectivity index (χ0v) is 6.29. The summed E-state index contributed by atoms with van der Waals surface area (Å²) in [6.07, 6.45) is 2.15. The van der Waals surface area contributed by atoms with Crippen molar-refractivity contribution in [3.05, 3.63) is 0 Å². The van der Waals surface area contributed by atoms with Crippen molar-refractivity contribution in [3.8, 4) is 0 Å². The predicted molar refractivity (Wildman–Crippen MR) is 40.8 cm³/mol. The molecule has 1 aliphatic rings. The van der Waals surface area contributed by atoms with Gasteiger partial charge in [-0.1, -0.05) is 6.92 Å². The first-order chi connectivity index (χ1) is 4.77. The van der Waals surface area contributed by atoms with Gasteiger partial charge in [0.05, 0.1) is 6.04 Å². The molecule has 0 radical (unpaired) electrons. The summed E-state index contributed by atoms with van der Waals surface area (Å²) in [6.45, 7) is 3.87. The molecule has 2 atom stereocenters. The highest BCUT2D eigenvalue weighted by atomic mass is 16.5. The number of ether oxygens (including phenoxy) is 1. The molecule has 1 rings (SSSR count). The molecule has 3 heteroatoms. The summed E-state index contributed by atoms with van der Waals surface area (Å²) in [5, 5.41) is 7.00. The Hall–Kier alpha value is -0.860. The first-order valence-corrected chi connectivity index (χ1v) is 3.49. The van der Waals surface area contributed by atoms with Gasteiger partial charge in [-0.25, -0.2) is 4.99 Å². The van der Waals surface area contributed by atoms with E-state index in [2.05, 4.69) is 4.99 Å². The summed E-state index contributed by atoms with van der Waals surface area (Å²) in [4.78, 5) is 4.20. The third kappa shape index (κ3) is 1.17. The van der Waals surface area contributed by atoms with Crippen LogP contribution in [0.3, 0.4) is 0 Å². The van der Waals surface area contributed by atoms with Crippen LogP contribution in [0, 0.1) is 5.41 Å². The standard InChI is InChI=1S/C7H12N2O/c1-3-6-7(4-8)10-5(2)9-6/h4,6-8H,3H2,1-2H3/t6-,7?/m0/s1. The quantitative estimate of drug-likeness (QED) is 0.576. The van der Waals surface area contributed by atoms with Crippen LogP contribution in [0.15, 0.2) is 4.99 Å². The molecule has 0 fully saturated rings. The maximum atomic E-state index is 7.00. The van der Waals surface area contributed by atoms with E-state index in [4.69, 9.17) is 10.1 Å². The number of rotatable bonds is 2. The summed E-state index contributed by atoms with van der Waals surface area (Å²) < 4.78 is 5.22. The van der Waals surface area contributed by atoms with Crippen molar-refractivity contribution in [3.63, 3.8) is 0 Å². The van der Waals surface area contributed by atoms with E-state index < -0.39 is 0 Å². The minimum absolute atomic E-state index is 0.106. The Labute approximate surface area is 60.6 Å². The van der Waals surface area contributed by atoms with Gasteiger partial charge >= 0.3 is 0 Å². The van der Waals surface area contributed by atoms with Crippen LogP contribution in [0.25, 0.3) is 0 Å². The van der Waals surface area contributed by atoms with Crippen LogP contribution >= 0.6 is 0 Å². The lowest BCUT2D eigenvalue weighted by Crippen LogP contribution is -2.22. The number of hydrogen-bond acceptors (Lipinski definition) is 3. The van der Waals surface area contributed by atoms with Crippen molar-refractivity contribution in [2.75, 3.05) is 0 Å². The highest BCUT2D eigenvalue weighted by Crippen LogP contribution is 2.14. The Bertz CT molecular complexity index is 165. The topological polar surface area (TPSA) is 45.4 Å². The van der Waals surface area contributed by atoms with Gasteiger partial charge in [-0.15, -0.1) is 0 Å². The van der Waals surface area contributed by atoms with Gasteiger partial charge in [0.25, 0.3) is 0 Å². The molecule has 3 nitrogen and oxygen atoms in total. The van der Waals surface area contributed by atoms with Gasteiger partial charge < -0.3 is 10.1 Å². The van der Waals surface area contributed by atoms with Crippen LogP contribution in [0.4, 0.5) is 0 Å². The maximum Gasteiger partial charge on any atom is 0.181 e. The first kappa shape index (κ1) is 7.25. The van der Waals surface area contributed by atoms with E-state index >= 15 is 0 Å². The van der Waals surface area contributed by atoms with Gasteiger partial charge in [-0.2, -0.15) is 0 Å². The second-order valence-corrected chi connectivity index (χ2v) is 2.37. The van der Waals surface area contributed by atoms with Crippen LogP contribution in [0.5, 0.6) is 0 Å². The van der Waals surface area contributed by atoms with E-state index in [1.807, 2.05) is 13.8 Å². The summed E-state index contributed by atoms with van der Waals surface area (Å²) in [5.74, 6) is 0.709. The van der Waals surface area contributed by atoms with E-state index in [-0.39, 0.29) is 12.1 Å². The lowest BCUT2D eigenvalue weighted by atomic mass is 10.1. The monoisotopic (exact) mass is 140 g/mol. The molecular formula is C7H12N2O. The lowest BCUT2D eigenvalue weighted by molar-refractivity contribution is 0.259. The zero-order valence-electron chi connectivity index (χ0n) is 6.29. The fourth-order valence-electron chi connectivity index (χ4n) is 1.08. The van der Waals surface area contributed by atoms with Gasteiger partial charge in [0.15, 0.2) is 12.0 Å². The molecule has 0 aromatic carbocycles. The molecule has 0 bridgehead atoms. The fraction of sp³-hybridized carbons (Fsp3) is 0.714. The highest BCUT2D eigenvalue weighted by Gasteiger charge is 2.24. The van der Waals surface area contributed by atoms with Gasteiger partial charge in [0.1, 0.15) is 0 Å². The van der Waals surface area contributed by atoms with Crippen LogP contribution in [-0.4, -0.2) is 24.3 Å². The molecule has 1 aliphatic heterocycles. The van der Waals surface area contributed by atoms with Gasteiger partial charge in [0.2, 0.25) is 0 Å². The van der Waals surface area contributed by atoms with Crippen molar-refractivity contribution in [1.82, 2.24) is 0 Å². The second-order valence-electron chi connectivity index (χ2n) is 2.37. The first-order valence-electron chi connectivity index (χ1n) is 3.49. The normalized spacial score (nSPS) is 31.2. The van der Waals surface area contributed by atoms with E-state index in [0.717, 1.165) is 6.42 Å². The number of nitrogens with one attached hydrogen (secondary N) is 1. The summed E-state index contributed by atoms with van der Waals surface area (Å²) in [5.41, 5.74) is 0. The minimum atomic E-state index is -0.106. The maximum absolute atomic E-state index is 7.00. The summed E-state index contributed by atoms with van der Waals surface area (Å²) in [7, 11) is 0. The SMILES string of the molecule is CC[C@@H]1N=C(C)OC1C=N. The molecule has 56 valence electrons. The molecule has 0 saturated carbocycles. The van der Waals surface area contributed by atoms with Crippen LogP contribution < -0.4 is 0 Å². The van der Waals surface area contributed by atoms with Crippen molar-refractivity contribution in [2.45, 2.75) is 32.4 Å². The number of aliphatic imine (C=N–C) groups is 1. The van der Waals surface area contributed by atoms with Crippen molar-refractivity contribution < 1.29 is 4.74 Å². The molecule has 0 aromatic heterocycles. The van der Waals surface area contributed by atoms with Crippen LogP contribution in [-0.2, 0) is 4.74 Å². The van der Waals surface area contributed by atoms with E-state index in [9.17, 15) is 0 Å². The Kier molecular flexibility index (Phi) is 2.04. The second kappa shape index (κ2) is 2.82. The predicted octanol–water partition coefficient (Wildman–Crippen LogP) is 1.23. The minimum Gasteiger partial charge on any atom is -0.470 e. The van der Waals surface area contributed by atoms with E-state index in [0.29, 0.717) is 5.90 Å². The molecule has 0 amide bonds. The Balaban J connectivity index is 2.60. The molecule has 1 heterocycles. The Morgan fingerprint density at radius 3 is 2.90 bits per heavy atom. The Morgan fingerprint density at radius 2 is 2.50 bits per heavy atom. The third-order valence-corrected chi connectivity index (χ3v) is 1.62. The zero-order chi connectivity index (χ0) is 7.56. The molecule has 1 unspecified atom stereocenters. The summed E-state index contributed by atoms with van der Waals surface area (Å²) in [6, 6.07) is 0.178. The molecule has 0 aromatic rings. The van der Waals surface area contributed by atoms with Crippen molar-refractivity contribution in [1.29, 1.82) is 5.41 Å². The fourth-order valence-corrected chi connectivity index (χ4v) is 1.08. The Morgan fingerprint density at radius 1 is 1.80 bits per heavy atom. The van der Waals surface area contributed by atoms with Crippen LogP contribution in [0.1, 0.15) is 20.3 Å². The molecule has 0 aliphatic carbocycles. The van der Waals surface area contributed by atoms with Gasteiger partial charge in [0, 0.05) is 13.1 Å². The highest BCUT2D eigenvalue weighted by molar-refractivity contribution is 5.79. The number of nitrogens with zero attached hydrogens (tertiary/aromatic N) is 1. The molecule has 10 heavy (non-hydrogen) atoms.